The van der Waals surface area contributed by atoms with E-state index in [0.29, 0.717) is 12.1 Å². The van der Waals surface area contributed by atoms with Crippen molar-refractivity contribution in [3.63, 3.8) is 0 Å². The summed E-state index contributed by atoms with van der Waals surface area (Å²) in [5, 5.41) is 3.60. The molecule has 1 N–H and O–H groups in total. The van der Waals surface area contributed by atoms with Gasteiger partial charge in [-0.3, -0.25) is 0 Å². The first-order chi connectivity index (χ1) is 5.91. The molecule has 2 heteroatoms. The molecule has 1 atom stereocenters. The third kappa shape index (κ3) is 8.26. The van der Waals surface area contributed by atoms with Crippen molar-refractivity contribution in [1.82, 2.24) is 10.2 Å². The second kappa shape index (κ2) is 6.39. The lowest BCUT2D eigenvalue weighted by Crippen LogP contribution is -2.42. The second-order valence-corrected chi connectivity index (χ2v) is 4.91. The molecule has 0 radical (unpaired) electrons. The van der Waals surface area contributed by atoms with Crippen LogP contribution in [-0.4, -0.2) is 37.6 Å². The molecule has 2 nitrogen and oxygen atoms in total. The predicted molar refractivity (Wildman–Crippen MR) is 60.1 cm³/mol. The SMILES string of the molecule is CC(C)C[C@H](CN(C)C)NC(C)C. The molecular weight excluding hydrogens is 160 g/mol. The van der Waals surface area contributed by atoms with Crippen molar-refractivity contribution in [2.24, 2.45) is 5.92 Å². The summed E-state index contributed by atoms with van der Waals surface area (Å²) >= 11 is 0. The quantitative estimate of drug-likeness (QED) is 0.682. The third-order valence-corrected chi connectivity index (χ3v) is 1.91. The van der Waals surface area contributed by atoms with Crippen LogP contribution in [0.1, 0.15) is 34.1 Å². The molecule has 0 aromatic rings. The Morgan fingerprint density at radius 3 is 1.92 bits per heavy atom. The van der Waals surface area contributed by atoms with E-state index in [1.54, 1.807) is 0 Å². The van der Waals surface area contributed by atoms with Gasteiger partial charge < -0.3 is 10.2 Å². The standard InChI is InChI=1S/C11H26N2/c1-9(2)7-11(8-13(5)6)12-10(3)4/h9-12H,7-8H2,1-6H3/t11-/m1/s1. The van der Waals surface area contributed by atoms with Gasteiger partial charge in [0.2, 0.25) is 0 Å². The van der Waals surface area contributed by atoms with Gasteiger partial charge in [-0.15, -0.1) is 0 Å². The van der Waals surface area contributed by atoms with Crippen LogP contribution in [0.25, 0.3) is 0 Å². The Hall–Kier alpha value is -0.0800. The molecule has 0 fully saturated rings. The molecule has 0 aliphatic carbocycles. The molecule has 13 heavy (non-hydrogen) atoms. The van der Waals surface area contributed by atoms with E-state index in [2.05, 4.69) is 52.0 Å². The van der Waals surface area contributed by atoms with Gasteiger partial charge in [-0.1, -0.05) is 27.7 Å². The van der Waals surface area contributed by atoms with Crippen molar-refractivity contribution in [3.05, 3.63) is 0 Å². The minimum atomic E-state index is 0.587. The Kier molecular flexibility index (Phi) is 6.35. The van der Waals surface area contributed by atoms with Crippen LogP contribution in [0.5, 0.6) is 0 Å². The van der Waals surface area contributed by atoms with Gasteiger partial charge in [0.15, 0.2) is 0 Å². The summed E-state index contributed by atoms with van der Waals surface area (Å²) in [6.07, 6.45) is 1.26. The zero-order valence-electron chi connectivity index (χ0n) is 10.1. The fourth-order valence-electron chi connectivity index (χ4n) is 1.68. The van der Waals surface area contributed by atoms with E-state index in [0.717, 1.165) is 12.5 Å². The summed E-state index contributed by atoms with van der Waals surface area (Å²) in [6, 6.07) is 1.22. The van der Waals surface area contributed by atoms with E-state index in [1.165, 1.54) is 6.42 Å². The molecule has 0 amide bonds. The van der Waals surface area contributed by atoms with Gasteiger partial charge >= 0.3 is 0 Å². The Labute approximate surface area is 83.7 Å². The van der Waals surface area contributed by atoms with E-state index in [1.807, 2.05) is 0 Å². The Bertz CT molecular complexity index is 95.5. The monoisotopic (exact) mass is 186 g/mol. The molecule has 80 valence electrons. The summed E-state index contributed by atoms with van der Waals surface area (Å²) < 4.78 is 0. The highest BCUT2D eigenvalue weighted by molar-refractivity contribution is 4.72. The summed E-state index contributed by atoms with van der Waals surface area (Å²) in [5.74, 6) is 0.774. The molecular formula is C11H26N2. The molecule has 0 saturated heterocycles. The number of nitrogens with one attached hydrogen (secondary N) is 1. The van der Waals surface area contributed by atoms with Crippen molar-refractivity contribution in [3.8, 4) is 0 Å². The summed E-state index contributed by atoms with van der Waals surface area (Å²) in [4.78, 5) is 2.25. The first-order valence-corrected chi connectivity index (χ1v) is 5.32. The molecule has 0 saturated carbocycles. The topological polar surface area (TPSA) is 15.3 Å². The Morgan fingerprint density at radius 2 is 1.62 bits per heavy atom. The summed E-state index contributed by atoms with van der Waals surface area (Å²) in [5.41, 5.74) is 0. The van der Waals surface area contributed by atoms with E-state index in [9.17, 15) is 0 Å². The molecule has 0 spiro atoms. The highest BCUT2D eigenvalue weighted by Gasteiger charge is 2.12. The van der Waals surface area contributed by atoms with E-state index in [4.69, 9.17) is 0 Å². The van der Waals surface area contributed by atoms with Crippen LogP contribution in [0.4, 0.5) is 0 Å². The van der Waals surface area contributed by atoms with Crippen molar-refractivity contribution < 1.29 is 0 Å². The minimum absolute atomic E-state index is 0.587. The van der Waals surface area contributed by atoms with Crippen LogP contribution >= 0.6 is 0 Å². The molecule has 0 aromatic carbocycles. The fraction of sp³-hybridized carbons (Fsp3) is 1.00. The van der Waals surface area contributed by atoms with Crippen molar-refractivity contribution in [2.45, 2.75) is 46.2 Å². The van der Waals surface area contributed by atoms with Crippen LogP contribution in [0.3, 0.4) is 0 Å². The van der Waals surface area contributed by atoms with Crippen LogP contribution in [-0.2, 0) is 0 Å². The molecule has 0 aliphatic heterocycles. The van der Waals surface area contributed by atoms with Crippen LogP contribution in [0.2, 0.25) is 0 Å². The lowest BCUT2D eigenvalue weighted by atomic mass is 10.0. The first-order valence-electron chi connectivity index (χ1n) is 5.32. The normalized spacial score (nSPS) is 14.5. The third-order valence-electron chi connectivity index (χ3n) is 1.91. The number of hydrogen-bond acceptors (Lipinski definition) is 2. The Morgan fingerprint density at radius 1 is 1.08 bits per heavy atom. The highest BCUT2D eigenvalue weighted by atomic mass is 15.1. The molecule has 0 heterocycles. The summed E-state index contributed by atoms with van der Waals surface area (Å²) in [6.45, 7) is 10.1. The second-order valence-electron chi connectivity index (χ2n) is 4.91. The average Bonchev–Trinajstić information content (AvgIpc) is 1.80. The number of rotatable bonds is 6. The predicted octanol–water partition coefficient (Wildman–Crippen LogP) is 1.96. The average molecular weight is 186 g/mol. The lowest BCUT2D eigenvalue weighted by Gasteiger charge is -2.25. The largest absolute Gasteiger partial charge is 0.310 e. The lowest BCUT2D eigenvalue weighted by molar-refractivity contribution is 0.294. The number of nitrogens with zero attached hydrogens (tertiary/aromatic N) is 1. The van der Waals surface area contributed by atoms with E-state index < -0.39 is 0 Å². The van der Waals surface area contributed by atoms with Crippen molar-refractivity contribution >= 4 is 0 Å². The van der Waals surface area contributed by atoms with E-state index in [-0.39, 0.29) is 0 Å². The van der Waals surface area contributed by atoms with Crippen molar-refractivity contribution in [2.75, 3.05) is 20.6 Å². The molecule has 0 aliphatic rings. The van der Waals surface area contributed by atoms with Crippen molar-refractivity contribution in [1.29, 1.82) is 0 Å². The zero-order valence-corrected chi connectivity index (χ0v) is 10.1. The molecule has 0 bridgehead atoms. The maximum Gasteiger partial charge on any atom is 0.0199 e. The van der Waals surface area contributed by atoms with Gasteiger partial charge in [0.05, 0.1) is 0 Å². The maximum absolute atomic E-state index is 3.60. The number of likely N-dealkylation sites (N-methyl/N-ethyl adjacent to an activating group) is 1. The molecule has 0 unspecified atom stereocenters. The van der Waals surface area contributed by atoms with Gasteiger partial charge in [0.25, 0.3) is 0 Å². The molecule has 0 rings (SSSR count). The number of hydrogen-bond donors (Lipinski definition) is 1. The minimum Gasteiger partial charge on any atom is -0.310 e. The van der Waals surface area contributed by atoms with E-state index >= 15 is 0 Å². The first kappa shape index (κ1) is 12.9. The van der Waals surface area contributed by atoms with Gasteiger partial charge in [-0.05, 0) is 26.4 Å². The van der Waals surface area contributed by atoms with Crippen LogP contribution in [0.15, 0.2) is 0 Å². The summed E-state index contributed by atoms with van der Waals surface area (Å²) in [7, 11) is 4.27. The molecule has 0 aromatic heterocycles. The van der Waals surface area contributed by atoms with Gasteiger partial charge in [-0.25, -0.2) is 0 Å². The Balaban J connectivity index is 3.87. The van der Waals surface area contributed by atoms with Crippen LogP contribution < -0.4 is 5.32 Å². The zero-order chi connectivity index (χ0) is 10.4. The van der Waals surface area contributed by atoms with Gasteiger partial charge in [0, 0.05) is 18.6 Å². The van der Waals surface area contributed by atoms with Gasteiger partial charge in [0.1, 0.15) is 0 Å². The van der Waals surface area contributed by atoms with Gasteiger partial charge in [-0.2, -0.15) is 0 Å². The fourth-order valence-corrected chi connectivity index (χ4v) is 1.68. The maximum atomic E-state index is 3.60. The highest BCUT2D eigenvalue weighted by Crippen LogP contribution is 2.06. The van der Waals surface area contributed by atoms with Crippen LogP contribution in [0, 0.1) is 5.92 Å². The smallest absolute Gasteiger partial charge is 0.0199 e.